The number of piperidine rings is 1. The number of hydrogen-bond acceptors (Lipinski definition) is 6. The van der Waals surface area contributed by atoms with Gasteiger partial charge < -0.3 is 15.0 Å². The summed E-state index contributed by atoms with van der Waals surface area (Å²) in [7, 11) is 0. The molecule has 2 atom stereocenters. The lowest BCUT2D eigenvalue weighted by Crippen LogP contribution is -2.41. The molecule has 1 aromatic carbocycles. The highest BCUT2D eigenvalue weighted by Gasteiger charge is 2.32. The molecule has 122 valence electrons. The minimum absolute atomic E-state index is 0.609. The van der Waals surface area contributed by atoms with Crippen LogP contribution >= 0.6 is 11.3 Å². The highest BCUT2D eigenvalue weighted by molar-refractivity contribution is 7.20. The molecule has 2 unspecified atom stereocenters. The molecule has 1 N–H and O–H groups in total. The first kappa shape index (κ1) is 14.2. The van der Waals surface area contributed by atoms with Gasteiger partial charge in [0.15, 0.2) is 5.75 Å². The van der Waals surface area contributed by atoms with E-state index in [1.807, 2.05) is 24.4 Å². The van der Waals surface area contributed by atoms with E-state index in [9.17, 15) is 0 Å². The molecule has 5 rings (SSSR count). The van der Waals surface area contributed by atoms with Gasteiger partial charge in [-0.2, -0.15) is 0 Å². The van der Waals surface area contributed by atoms with Gasteiger partial charge >= 0.3 is 0 Å². The van der Waals surface area contributed by atoms with Gasteiger partial charge in [-0.1, -0.05) is 23.5 Å². The Morgan fingerprint density at radius 2 is 2.17 bits per heavy atom. The van der Waals surface area contributed by atoms with E-state index >= 15 is 0 Å². The number of nitrogens with zero attached hydrogens (tertiary/aromatic N) is 3. The van der Waals surface area contributed by atoms with Crippen LogP contribution in [0.2, 0.25) is 0 Å². The number of rotatable bonds is 3. The predicted octanol–water partition coefficient (Wildman–Crippen LogP) is 3.28. The largest absolute Gasteiger partial charge is 0.429 e. The lowest BCUT2D eigenvalue weighted by atomic mass is 10.00. The van der Waals surface area contributed by atoms with E-state index in [4.69, 9.17) is 4.74 Å². The van der Waals surface area contributed by atoms with E-state index in [-0.39, 0.29) is 0 Å². The Kier molecular flexibility index (Phi) is 3.38. The maximum Gasteiger partial charge on any atom is 0.279 e. The van der Waals surface area contributed by atoms with Crippen LogP contribution in [0.1, 0.15) is 6.42 Å². The highest BCUT2D eigenvalue weighted by atomic mass is 32.1. The molecule has 0 spiro atoms. The van der Waals surface area contributed by atoms with Crippen LogP contribution in [0, 0.1) is 5.92 Å². The molecule has 2 bridgehead atoms. The fourth-order valence-electron chi connectivity index (χ4n) is 3.68. The minimum Gasteiger partial charge on any atom is -0.429 e. The van der Waals surface area contributed by atoms with Gasteiger partial charge in [0.2, 0.25) is 0 Å². The molecule has 24 heavy (non-hydrogen) atoms. The van der Waals surface area contributed by atoms with Crippen molar-refractivity contribution >= 4 is 27.2 Å². The van der Waals surface area contributed by atoms with Gasteiger partial charge in [0.05, 0.1) is 28.3 Å². The van der Waals surface area contributed by atoms with Crippen LogP contribution in [-0.2, 0) is 0 Å². The Hall–Kier alpha value is -2.18. The van der Waals surface area contributed by atoms with E-state index in [1.165, 1.54) is 6.42 Å². The molecule has 0 saturated carbocycles. The number of aromatic nitrogens is 2. The molecule has 3 aromatic rings. The first-order chi connectivity index (χ1) is 11.8. The fraction of sp³-hybridized carbons (Fsp3) is 0.333. The molecule has 0 radical (unpaired) electrons. The van der Waals surface area contributed by atoms with E-state index in [1.54, 1.807) is 17.5 Å². The van der Waals surface area contributed by atoms with Gasteiger partial charge in [0.25, 0.3) is 5.19 Å². The number of fused-ring (bicyclic) bond motifs is 3. The van der Waals surface area contributed by atoms with Crippen molar-refractivity contribution in [2.45, 2.75) is 12.5 Å². The topological polar surface area (TPSA) is 50.3 Å². The normalized spacial score (nSPS) is 22.9. The number of anilines is 1. The summed E-state index contributed by atoms with van der Waals surface area (Å²) in [6.07, 6.45) is 4.98. The summed E-state index contributed by atoms with van der Waals surface area (Å²) >= 11 is 1.56. The zero-order valence-electron chi connectivity index (χ0n) is 13.2. The zero-order chi connectivity index (χ0) is 15.9. The van der Waals surface area contributed by atoms with E-state index in [0.29, 0.717) is 11.2 Å². The van der Waals surface area contributed by atoms with Crippen molar-refractivity contribution in [2.75, 3.05) is 24.5 Å². The quantitative estimate of drug-likeness (QED) is 0.794. The first-order valence-electron chi connectivity index (χ1n) is 8.30. The molecule has 4 heterocycles. The fourth-order valence-corrected chi connectivity index (χ4v) is 4.51. The third-order valence-corrected chi connectivity index (χ3v) is 5.69. The SMILES string of the molecule is c1ccc2sc(Oc3cncc(N4CC5CNC(C5)C4)c3)nc2c1. The molecular weight excluding hydrogens is 320 g/mol. The Labute approximate surface area is 144 Å². The van der Waals surface area contributed by atoms with Gasteiger partial charge in [0.1, 0.15) is 0 Å². The van der Waals surface area contributed by atoms with Crippen molar-refractivity contribution in [3.63, 3.8) is 0 Å². The van der Waals surface area contributed by atoms with Crippen LogP contribution in [0.3, 0.4) is 0 Å². The number of thiazole rings is 1. The molecule has 0 aliphatic carbocycles. The zero-order valence-corrected chi connectivity index (χ0v) is 14.0. The summed E-state index contributed by atoms with van der Waals surface area (Å²) in [6, 6.07) is 10.8. The molecule has 0 amide bonds. The number of ether oxygens (including phenoxy) is 1. The number of benzene rings is 1. The smallest absolute Gasteiger partial charge is 0.279 e. The Bertz CT molecular complexity index is 835. The maximum atomic E-state index is 5.97. The van der Waals surface area contributed by atoms with Gasteiger partial charge in [-0.05, 0) is 24.5 Å². The van der Waals surface area contributed by atoms with Crippen molar-refractivity contribution < 1.29 is 4.74 Å². The van der Waals surface area contributed by atoms with E-state index in [2.05, 4.69) is 32.3 Å². The average molecular weight is 338 g/mol. The predicted molar refractivity (Wildman–Crippen MR) is 96.0 cm³/mol. The third kappa shape index (κ3) is 2.61. The minimum atomic E-state index is 0.609. The van der Waals surface area contributed by atoms with E-state index in [0.717, 1.165) is 47.2 Å². The van der Waals surface area contributed by atoms with Crippen LogP contribution in [0.5, 0.6) is 10.9 Å². The molecule has 2 fully saturated rings. The number of nitrogens with one attached hydrogen (secondary N) is 1. The third-order valence-electron chi connectivity index (χ3n) is 4.78. The summed E-state index contributed by atoms with van der Waals surface area (Å²) in [5, 5.41) is 4.25. The molecule has 2 aliphatic heterocycles. The van der Waals surface area contributed by atoms with Crippen molar-refractivity contribution in [1.82, 2.24) is 15.3 Å². The summed E-state index contributed by atoms with van der Waals surface area (Å²) in [5.74, 6) is 1.50. The molecule has 2 aliphatic rings. The number of pyridine rings is 1. The van der Waals surface area contributed by atoms with E-state index < -0.39 is 0 Å². The average Bonchev–Trinajstić information content (AvgIpc) is 3.17. The molecular formula is C18H18N4OS. The van der Waals surface area contributed by atoms with Crippen molar-refractivity contribution in [1.29, 1.82) is 0 Å². The molecule has 2 saturated heterocycles. The van der Waals surface area contributed by atoms with Crippen LogP contribution < -0.4 is 15.0 Å². The summed E-state index contributed by atoms with van der Waals surface area (Å²) in [5.41, 5.74) is 2.10. The Morgan fingerprint density at radius 3 is 3.08 bits per heavy atom. The summed E-state index contributed by atoms with van der Waals surface area (Å²) in [4.78, 5) is 11.3. The van der Waals surface area contributed by atoms with Crippen LogP contribution in [0.15, 0.2) is 42.7 Å². The van der Waals surface area contributed by atoms with Crippen molar-refractivity contribution in [3.05, 3.63) is 42.7 Å². The first-order valence-corrected chi connectivity index (χ1v) is 9.12. The number of hydrogen-bond donors (Lipinski definition) is 1. The van der Waals surface area contributed by atoms with Crippen LogP contribution in [-0.4, -0.2) is 35.6 Å². The van der Waals surface area contributed by atoms with Gasteiger partial charge in [-0.3, -0.25) is 4.98 Å². The van der Waals surface area contributed by atoms with Crippen LogP contribution in [0.4, 0.5) is 5.69 Å². The van der Waals surface area contributed by atoms with Crippen LogP contribution in [0.25, 0.3) is 10.2 Å². The van der Waals surface area contributed by atoms with Gasteiger partial charge in [-0.25, -0.2) is 4.98 Å². The molecule has 6 heteroatoms. The second-order valence-electron chi connectivity index (χ2n) is 6.54. The summed E-state index contributed by atoms with van der Waals surface area (Å²) < 4.78 is 7.10. The Morgan fingerprint density at radius 1 is 1.21 bits per heavy atom. The number of para-hydroxylation sites is 1. The monoisotopic (exact) mass is 338 g/mol. The lowest BCUT2D eigenvalue weighted by molar-refractivity contribution is 0.467. The van der Waals surface area contributed by atoms with Crippen molar-refractivity contribution in [3.8, 4) is 10.9 Å². The Balaban J connectivity index is 1.38. The standard InChI is InChI=1S/C18H18N4OS/c1-2-4-17-16(3-1)21-18(24-17)23-15-6-14(8-19-9-15)22-10-12-5-13(11-22)20-7-12/h1-4,6,8-9,12-13,20H,5,7,10-11H2. The molecule has 2 aromatic heterocycles. The molecule has 5 nitrogen and oxygen atoms in total. The lowest BCUT2D eigenvalue weighted by Gasteiger charge is -2.32. The highest BCUT2D eigenvalue weighted by Crippen LogP contribution is 2.33. The second-order valence-corrected chi connectivity index (χ2v) is 7.53. The summed E-state index contributed by atoms with van der Waals surface area (Å²) in [6.45, 7) is 3.27. The van der Waals surface area contributed by atoms with Crippen molar-refractivity contribution in [2.24, 2.45) is 5.92 Å². The second kappa shape index (κ2) is 5.72. The maximum absolute atomic E-state index is 5.97. The van der Waals surface area contributed by atoms with Gasteiger partial charge in [0, 0.05) is 31.7 Å². The van der Waals surface area contributed by atoms with Gasteiger partial charge in [-0.15, -0.1) is 0 Å².